The first kappa shape index (κ1) is 17.5. The third kappa shape index (κ3) is 4.60. The number of nitrogens with one attached hydrogen (secondary N) is 1. The summed E-state index contributed by atoms with van der Waals surface area (Å²) in [5.41, 5.74) is 7.78. The first-order chi connectivity index (χ1) is 12.3. The Morgan fingerprint density at radius 1 is 1.08 bits per heavy atom. The van der Waals surface area contributed by atoms with E-state index in [4.69, 9.17) is 10.5 Å². The normalized spacial score (nSPS) is 19.6. The lowest BCUT2D eigenvalue weighted by Crippen LogP contribution is -2.29. The highest BCUT2D eigenvalue weighted by Crippen LogP contribution is 2.33. The van der Waals surface area contributed by atoms with Gasteiger partial charge in [-0.3, -0.25) is 4.79 Å². The van der Waals surface area contributed by atoms with E-state index in [1.54, 1.807) is 0 Å². The molecule has 4 nitrogen and oxygen atoms in total. The Hall–Kier alpha value is -2.33. The molecule has 3 rings (SSSR count). The molecular formula is C21H26N2O2. The summed E-state index contributed by atoms with van der Waals surface area (Å²) in [5.74, 6) is 1.09. The lowest BCUT2D eigenvalue weighted by Gasteiger charge is -2.19. The molecule has 0 bridgehead atoms. The molecule has 25 heavy (non-hydrogen) atoms. The summed E-state index contributed by atoms with van der Waals surface area (Å²) >= 11 is 0. The topological polar surface area (TPSA) is 64.4 Å². The first-order valence-corrected chi connectivity index (χ1v) is 9.04. The zero-order chi connectivity index (χ0) is 17.5. The van der Waals surface area contributed by atoms with Gasteiger partial charge in [-0.25, -0.2) is 0 Å². The monoisotopic (exact) mass is 338 g/mol. The van der Waals surface area contributed by atoms with Crippen LogP contribution in [0.15, 0.2) is 54.6 Å². The van der Waals surface area contributed by atoms with Gasteiger partial charge >= 0.3 is 0 Å². The van der Waals surface area contributed by atoms with Crippen LogP contribution in [0.25, 0.3) is 0 Å². The molecule has 0 aromatic heterocycles. The van der Waals surface area contributed by atoms with E-state index in [0.29, 0.717) is 24.8 Å². The average molecular weight is 338 g/mol. The summed E-state index contributed by atoms with van der Waals surface area (Å²) in [6, 6.07) is 17.9. The smallest absolute Gasteiger partial charge is 0.227 e. The van der Waals surface area contributed by atoms with Crippen molar-refractivity contribution >= 4 is 11.6 Å². The maximum atomic E-state index is 12.6. The molecule has 1 saturated carbocycles. The van der Waals surface area contributed by atoms with Crippen molar-refractivity contribution in [3.8, 4) is 5.75 Å². The van der Waals surface area contributed by atoms with Crippen molar-refractivity contribution in [1.82, 2.24) is 0 Å². The van der Waals surface area contributed by atoms with Crippen LogP contribution in [-0.4, -0.2) is 19.1 Å². The van der Waals surface area contributed by atoms with Crippen molar-refractivity contribution in [2.24, 2.45) is 17.6 Å². The minimum atomic E-state index is 0.0161. The largest absolute Gasteiger partial charge is 0.491 e. The zero-order valence-electron chi connectivity index (χ0n) is 14.5. The Bertz CT molecular complexity index is 687. The number of nitrogens with two attached hydrogens (primary N) is 1. The second-order valence-electron chi connectivity index (χ2n) is 6.60. The van der Waals surface area contributed by atoms with Crippen LogP contribution in [0.4, 0.5) is 5.69 Å². The molecule has 0 aliphatic heterocycles. The van der Waals surface area contributed by atoms with Crippen LogP contribution in [0.3, 0.4) is 0 Å². The average Bonchev–Trinajstić information content (AvgIpc) is 3.13. The summed E-state index contributed by atoms with van der Waals surface area (Å²) in [7, 11) is 0. The van der Waals surface area contributed by atoms with E-state index in [0.717, 1.165) is 31.4 Å². The summed E-state index contributed by atoms with van der Waals surface area (Å²) < 4.78 is 5.92. The fourth-order valence-electron chi connectivity index (χ4n) is 3.51. The summed E-state index contributed by atoms with van der Waals surface area (Å²) in [4.78, 5) is 12.6. The predicted octanol–water partition coefficient (Wildman–Crippen LogP) is 3.62. The Balaban J connectivity index is 1.59. The van der Waals surface area contributed by atoms with Crippen molar-refractivity contribution in [1.29, 1.82) is 0 Å². The van der Waals surface area contributed by atoms with Crippen LogP contribution < -0.4 is 15.8 Å². The van der Waals surface area contributed by atoms with Gasteiger partial charge < -0.3 is 15.8 Å². The first-order valence-electron chi connectivity index (χ1n) is 9.04. The minimum Gasteiger partial charge on any atom is -0.491 e. The molecule has 2 atom stereocenters. The fourth-order valence-corrected chi connectivity index (χ4v) is 3.51. The number of ether oxygens (including phenoxy) is 1. The fraction of sp³-hybridized carbons (Fsp3) is 0.381. The molecule has 1 aliphatic carbocycles. The quantitative estimate of drug-likeness (QED) is 0.810. The molecule has 1 amide bonds. The predicted molar refractivity (Wildman–Crippen MR) is 101 cm³/mol. The summed E-state index contributed by atoms with van der Waals surface area (Å²) in [6.45, 7) is 1.15. The third-order valence-electron chi connectivity index (χ3n) is 4.93. The molecule has 0 unspecified atom stereocenters. The molecule has 1 aliphatic rings. The number of carbonyl (C=O) groups is 1. The third-order valence-corrected chi connectivity index (χ3v) is 4.93. The Kier molecular flexibility index (Phi) is 6.07. The van der Waals surface area contributed by atoms with Crippen molar-refractivity contribution in [2.75, 3.05) is 18.5 Å². The number of benzene rings is 2. The molecule has 0 saturated heterocycles. The lowest BCUT2D eigenvalue weighted by molar-refractivity contribution is -0.120. The van der Waals surface area contributed by atoms with Crippen LogP contribution in [0.2, 0.25) is 0 Å². The van der Waals surface area contributed by atoms with E-state index < -0.39 is 0 Å². The Morgan fingerprint density at radius 3 is 2.64 bits per heavy atom. The van der Waals surface area contributed by atoms with Gasteiger partial charge in [-0.2, -0.15) is 0 Å². The Labute approximate surface area is 149 Å². The highest BCUT2D eigenvalue weighted by Gasteiger charge is 2.32. The maximum Gasteiger partial charge on any atom is 0.227 e. The van der Waals surface area contributed by atoms with Crippen molar-refractivity contribution in [3.63, 3.8) is 0 Å². The molecular weight excluding hydrogens is 312 g/mol. The molecule has 0 heterocycles. The molecule has 2 aromatic carbocycles. The molecule has 2 aromatic rings. The molecule has 0 spiro atoms. The number of hydrogen-bond acceptors (Lipinski definition) is 3. The molecule has 1 fully saturated rings. The van der Waals surface area contributed by atoms with Crippen LogP contribution in [-0.2, 0) is 11.2 Å². The Morgan fingerprint density at radius 2 is 1.84 bits per heavy atom. The lowest BCUT2D eigenvalue weighted by atomic mass is 9.95. The van der Waals surface area contributed by atoms with Gasteiger partial charge in [0, 0.05) is 12.3 Å². The number of para-hydroxylation sites is 2. The van der Waals surface area contributed by atoms with Crippen molar-refractivity contribution < 1.29 is 9.53 Å². The molecule has 0 radical (unpaired) electrons. The maximum absolute atomic E-state index is 12.6. The number of hydrogen-bond donors (Lipinski definition) is 2. The van der Waals surface area contributed by atoms with Crippen molar-refractivity contribution in [3.05, 3.63) is 60.2 Å². The minimum absolute atomic E-state index is 0.0161. The van der Waals surface area contributed by atoms with E-state index in [1.165, 1.54) is 5.56 Å². The van der Waals surface area contributed by atoms with Gasteiger partial charge in [0.25, 0.3) is 0 Å². The van der Waals surface area contributed by atoms with Crippen LogP contribution in [0.1, 0.15) is 24.8 Å². The van der Waals surface area contributed by atoms with Gasteiger partial charge in [0.05, 0.1) is 12.3 Å². The van der Waals surface area contributed by atoms with Crippen molar-refractivity contribution in [2.45, 2.75) is 25.7 Å². The van der Waals surface area contributed by atoms with Crippen LogP contribution in [0.5, 0.6) is 5.75 Å². The number of carbonyl (C=O) groups excluding carboxylic acids is 1. The number of anilines is 1. The van der Waals surface area contributed by atoms with E-state index in [-0.39, 0.29) is 11.8 Å². The van der Waals surface area contributed by atoms with Gasteiger partial charge in [0.1, 0.15) is 5.75 Å². The SMILES string of the molecule is NC[C@H]1CCC[C@H]1C(=O)Nc1ccccc1OCCc1ccccc1. The van der Waals surface area contributed by atoms with E-state index >= 15 is 0 Å². The standard InChI is InChI=1S/C21H26N2O2/c22-15-17-9-6-10-18(17)21(24)23-19-11-4-5-12-20(19)25-14-13-16-7-2-1-3-8-16/h1-5,7-8,11-12,17-18H,6,9-10,13-15,22H2,(H,23,24)/t17-,18-/m1/s1. The summed E-state index contributed by atoms with van der Waals surface area (Å²) in [6.07, 6.45) is 3.88. The molecule has 3 N–H and O–H groups in total. The highest BCUT2D eigenvalue weighted by molar-refractivity contribution is 5.94. The van der Waals surface area contributed by atoms with E-state index in [9.17, 15) is 4.79 Å². The van der Waals surface area contributed by atoms with Gasteiger partial charge in [0.2, 0.25) is 5.91 Å². The van der Waals surface area contributed by atoms with Gasteiger partial charge in [-0.1, -0.05) is 48.9 Å². The highest BCUT2D eigenvalue weighted by atomic mass is 16.5. The number of amides is 1. The van der Waals surface area contributed by atoms with Crippen LogP contribution in [0, 0.1) is 11.8 Å². The van der Waals surface area contributed by atoms with E-state index in [2.05, 4.69) is 17.4 Å². The van der Waals surface area contributed by atoms with Gasteiger partial charge in [-0.05, 0) is 43.0 Å². The van der Waals surface area contributed by atoms with E-state index in [1.807, 2.05) is 42.5 Å². The molecule has 132 valence electrons. The second kappa shape index (κ2) is 8.67. The zero-order valence-corrected chi connectivity index (χ0v) is 14.5. The molecule has 4 heteroatoms. The van der Waals surface area contributed by atoms with Gasteiger partial charge in [0.15, 0.2) is 0 Å². The second-order valence-corrected chi connectivity index (χ2v) is 6.60. The van der Waals surface area contributed by atoms with Gasteiger partial charge in [-0.15, -0.1) is 0 Å². The summed E-state index contributed by atoms with van der Waals surface area (Å²) in [5, 5.41) is 3.05. The van der Waals surface area contributed by atoms with Crippen LogP contribution >= 0.6 is 0 Å². The number of rotatable bonds is 7.